The summed E-state index contributed by atoms with van der Waals surface area (Å²) < 4.78 is 0. The standard InChI is InChI=1S/C16H20ClN3/c1-10(2)15-13(16(18-4)20-11(3)19-15)9-12-7-5-6-8-14(12)17/h5-8,10H,9H2,1-4H3,(H,18,19,20). The van der Waals surface area contributed by atoms with E-state index in [1.54, 1.807) is 0 Å². The number of hydrogen-bond donors (Lipinski definition) is 1. The number of hydrogen-bond acceptors (Lipinski definition) is 3. The van der Waals surface area contributed by atoms with Gasteiger partial charge in [0.05, 0.1) is 5.69 Å². The smallest absolute Gasteiger partial charge is 0.133 e. The van der Waals surface area contributed by atoms with E-state index in [4.69, 9.17) is 11.6 Å². The summed E-state index contributed by atoms with van der Waals surface area (Å²) in [7, 11) is 1.89. The Balaban J connectivity index is 2.52. The Kier molecular flexibility index (Phi) is 4.61. The van der Waals surface area contributed by atoms with Gasteiger partial charge in [0.2, 0.25) is 0 Å². The van der Waals surface area contributed by atoms with Crippen molar-refractivity contribution >= 4 is 17.4 Å². The van der Waals surface area contributed by atoms with Crippen LogP contribution in [0.25, 0.3) is 0 Å². The first-order valence-corrected chi connectivity index (χ1v) is 7.19. The lowest BCUT2D eigenvalue weighted by molar-refractivity contribution is 0.782. The molecule has 2 aromatic rings. The second-order valence-electron chi connectivity index (χ2n) is 5.16. The minimum Gasteiger partial charge on any atom is -0.373 e. The summed E-state index contributed by atoms with van der Waals surface area (Å²) in [4.78, 5) is 9.11. The Morgan fingerprint density at radius 3 is 2.50 bits per heavy atom. The van der Waals surface area contributed by atoms with E-state index < -0.39 is 0 Å². The molecular formula is C16H20ClN3. The SMILES string of the molecule is CNc1nc(C)nc(C(C)C)c1Cc1ccccc1Cl. The van der Waals surface area contributed by atoms with Crippen LogP contribution in [0, 0.1) is 6.92 Å². The number of benzene rings is 1. The van der Waals surface area contributed by atoms with Gasteiger partial charge in [0.1, 0.15) is 11.6 Å². The normalized spacial score (nSPS) is 10.9. The second kappa shape index (κ2) is 6.23. The van der Waals surface area contributed by atoms with Crippen LogP contribution < -0.4 is 5.32 Å². The first-order chi connectivity index (χ1) is 9.52. The van der Waals surface area contributed by atoms with Crippen molar-refractivity contribution in [3.63, 3.8) is 0 Å². The maximum absolute atomic E-state index is 6.27. The van der Waals surface area contributed by atoms with E-state index in [9.17, 15) is 0 Å². The number of anilines is 1. The second-order valence-corrected chi connectivity index (χ2v) is 5.56. The average Bonchev–Trinajstić information content (AvgIpc) is 2.42. The van der Waals surface area contributed by atoms with Gasteiger partial charge in [0.15, 0.2) is 0 Å². The number of aromatic nitrogens is 2. The highest BCUT2D eigenvalue weighted by atomic mass is 35.5. The van der Waals surface area contributed by atoms with E-state index in [0.717, 1.165) is 39.9 Å². The fraction of sp³-hybridized carbons (Fsp3) is 0.375. The summed E-state index contributed by atoms with van der Waals surface area (Å²) in [6, 6.07) is 7.91. The number of aryl methyl sites for hydroxylation is 1. The van der Waals surface area contributed by atoms with Gasteiger partial charge in [-0.1, -0.05) is 43.6 Å². The number of halogens is 1. The molecule has 0 amide bonds. The van der Waals surface area contributed by atoms with Gasteiger partial charge < -0.3 is 5.32 Å². The molecule has 0 spiro atoms. The van der Waals surface area contributed by atoms with Gasteiger partial charge in [-0.05, 0) is 24.5 Å². The van der Waals surface area contributed by atoms with E-state index in [1.807, 2.05) is 38.2 Å². The van der Waals surface area contributed by atoms with E-state index >= 15 is 0 Å². The summed E-state index contributed by atoms with van der Waals surface area (Å²) in [5, 5.41) is 3.96. The highest BCUT2D eigenvalue weighted by Crippen LogP contribution is 2.28. The van der Waals surface area contributed by atoms with Gasteiger partial charge in [-0.15, -0.1) is 0 Å². The van der Waals surface area contributed by atoms with Crippen molar-refractivity contribution in [2.24, 2.45) is 0 Å². The molecule has 0 fully saturated rings. The van der Waals surface area contributed by atoms with E-state index in [0.29, 0.717) is 5.92 Å². The molecule has 20 heavy (non-hydrogen) atoms. The lowest BCUT2D eigenvalue weighted by Crippen LogP contribution is -2.10. The molecule has 2 rings (SSSR count). The summed E-state index contributed by atoms with van der Waals surface area (Å²) in [5.74, 6) is 2.03. The molecule has 0 unspecified atom stereocenters. The number of nitrogens with zero attached hydrogens (tertiary/aromatic N) is 2. The Hall–Kier alpha value is -1.61. The fourth-order valence-corrected chi connectivity index (χ4v) is 2.51. The van der Waals surface area contributed by atoms with Crippen LogP contribution in [0.2, 0.25) is 5.02 Å². The van der Waals surface area contributed by atoms with Crippen molar-refractivity contribution in [1.82, 2.24) is 9.97 Å². The third-order valence-electron chi connectivity index (χ3n) is 3.26. The van der Waals surface area contributed by atoms with Crippen molar-refractivity contribution in [2.45, 2.75) is 33.1 Å². The van der Waals surface area contributed by atoms with Gasteiger partial charge in [0.25, 0.3) is 0 Å². The van der Waals surface area contributed by atoms with Crippen LogP contribution in [0.1, 0.15) is 42.4 Å². The molecule has 4 heteroatoms. The molecule has 0 atom stereocenters. The van der Waals surface area contributed by atoms with Crippen LogP contribution in [0.4, 0.5) is 5.82 Å². The van der Waals surface area contributed by atoms with Gasteiger partial charge in [-0.3, -0.25) is 0 Å². The van der Waals surface area contributed by atoms with Gasteiger partial charge in [0, 0.05) is 24.1 Å². The van der Waals surface area contributed by atoms with Crippen LogP contribution in [-0.4, -0.2) is 17.0 Å². The summed E-state index contributed by atoms with van der Waals surface area (Å²) in [6.07, 6.45) is 0.740. The molecule has 3 nitrogen and oxygen atoms in total. The Morgan fingerprint density at radius 2 is 1.90 bits per heavy atom. The van der Waals surface area contributed by atoms with Crippen LogP contribution in [0.5, 0.6) is 0 Å². The predicted octanol–water partition coefficient (Wildman–Crippen LogP) is 4.19. The topological polar surface area (TPSA) is 37.8 Å². The fourth-order valence-electron chi connectivity index (χ4n) is 2.31. The maximum atomic E-state index is 6.27. The molecular weight excluding hydrogens is 270 g/mol. The molecule has 0 bridgehead atoms. The van der Waals surface area contributed by atoms with E-state index in [1.165, 1.54) is 0 Å². The van der Waals surface area contributed by atoms with Crippen molar-refractivity contribution < 1.29 is 0 Å². The average molecular weight is 290 g/mol. The van der Waals surface area contributed by atoms with Crippen molar-refractivity contribution in [3.05, 3.63) is 51.9 Å². The zero-order chi connectivity index (χ0) is 14.7. The molecule has 1 N–H and O–H groups in total. The number of nitrogens with one attached hydrogen (secondary N) is 1. The molecule has 0 aliphatic rings. The first-order valence-electron chi connectivity index (χ1n) is 6.81. The molecule has 0 aliphatic carbocycles. The quantitative estimate of drug-likeness (QED) is 0.917. The van der Waals surface area contributed by atoms with Gasteiger partial charge in [-0.25, -0.2) is 9.97 Å². The first kappa shape index (κ1) is 14.8. The number of rotatable bonds is 4. The third kappa shape index (κ3) is 3.10. The zero-order valence-corrected chi connectivity index (χ0v) is 13.1. The van der Waals surface area contributed by atoms with Crippen LogP contribution in [-0.2, 0) is 6.42 Å². The molecule has 1 aromatic heterocycles. The van der Waals surface area contributed by atoms with Crippen molar-refractivity contribution in [2.75, 3.05) is 12.4 Å². The lowest BCUT2D eigenvalue weighted by atomic mass is 9.98. The largest absolute Gasteiger partial charge is 0.373 e. The minimum atomic E-state index is 0.348. The van der Waals surface area contributed by atoms with Crippen LogP contribution in [0.15, 0.2) is 24.3 Å². The predicted molar refractivity (Wildman–Crippen MR) is 84.7 cm³/mol. The Labute approximate surface area is 125 Å². The molecule has 0 aliphatic heterocycles. The molecule has 1 heterocycles. The van der Waals surface area contributed by atoms with E-state index in [-0.39, 0.29) is 0 Å². The zero-order valence-electron chi connectivity index (χ0n) is 12.4. The third-order valence-corrected chi connectivity index (χ3v) is 3.63. The molecule has 106 valence electrons. The molecule has 0 radical (unpaired) electrons. The van der Waals surface area contributed by atoms with Crippen molar-refractivity contribution in [1.29, 1.82) is 0 Å². The summed E-state index contributed by atoms with van der Waals surface area (Å²) >= 11 is 6.27. The van der Waals surface area contributed by atoms with Crippen molar-refractivity contribution in [3.8, 4) is 0 Å². The molecule has 0 saturated heterocycles. The monoisotopic (exact) mass is 289 g/mol. The minimum absolute atomic E-state index is 0.348. The molecule has 1 aromatic carbocycles. The highest BCUT2D eigenvalue weighted by molar-refractivity contribution is 6.31. The van der Waals surface area contributed by atoms with Gasteiger partial charge in [-0.2, -0.15) is 0 Å². The summed E-state index contributed by atoms with van der Waals surface area (Å²) in [6.45, 7) is 6.22. The molecule has 0 saturated carbocycles. The summed E-state index contributed by atoms with van der Waals surface area (Å²) in [5.41, 5.74) is 3.31. The maximum Gasteiger partial charge on any atom is 0.133 e. The Bertz CT molecular complexity index is 609. The van der Waals surface area contributed by atoms with Crippen LogP contribution in [0.3, 0.4) is 0 Å². The highest BCUT2D eigenvalue weighted by Gasteiger charge is 2.16. The Morgan fingerprint density at radius 1 is 1.20 bits per heavy atom. The van der Waals surface area contributed by atoms with E-state index in [2.05, 4.69) is 29.1 Å². The van der Waals surface area contributed by atoms with Gasteiger partial charge >= 0.3 is 0 Å². The van der Waals surface area contributed by atoms with Crippen LogP contribution >= 0.6 is 11.6 Å². The lowest BCUT2D eigenvalue weighted by Gasteiger charge is -2.17.